The van der Waals surface area contributed by atoms with Gasteiger partial charge in [0, 0.05) is 23.9 Å². The summed E-state index contributed by atoms with van der Waals surface area (Å²) in [6, 6.07) is 10.8. The number of anilines is 2. The Balaban J connectivity index is 1.63. The molecule has 0 saturated heterocycles. The molecule has 8 nitrogen and oxygen atoms in total. The maximum absolute atomic E-state index is 13.1. The lowest BCUT2D eigenvalue weighted by atomic mass is 10.1. The highest BCUT2D eigenvalue weighted by molar-refractivity contribution is 6.04. The van der Waals surface area contributed by atoms with Gasteiger partial charge in [-0.15, -0.1) is 5.10 Å². The topological polar surface area (TPSA) is 92.5 Å². The van der Waals surface area contributed by atoms with Gasteiger partial charge in [0.1, 0.15) is 11.6 Å². The third kappa shape index (κ3) is 6.04. The number of methoxy groups -OCH3 is 1. The van der Waals surface area contributed by atoms with Crippen molar-refractivity contribution in [1.82, 2.24) is 15.1 Å². The zero-order valence-electron chi connectivity index (χ0n) is 18.5. The average Bonchev–Trinajstić information content (AvgIpc) is 3.28. The minimum atomic E-state index is -0.398. The van der Waals surface area contributed by atoms with Crippen molar-refractivity contribution in [1.29, 1.82) is 0 Å². The Morgan fingerprint density at radius 2 is 1.88 bits per heavy atom. The van der Waals surface area contributed by atoms with Gasteiger partial charge < -0.3 is 24.7 Å². The smallest absolute Gasteiger partial charge is 0.315 e. The van der Waals surface area contributed by atoms with Crippen LogP contribution in [0, 0.1) is 5.82 Å². The first-order chi connectivity index (χ1) is 15.5. The first kappa shape index (κ1) is 23.2. The second-order valence-corrected chi connectivity index (χ2v) is 7.10. The summed E-state index contributed by atoms with van der Waals surface area (Å²) < 4.78 is 24.2. The first-order valence-electron chi connectivity index (χ1n) is 10.6. The molecule has 0 aliphatic carbocycles. The molecule has 0 unspecified atom stereocenters. The molecule has 170 valence electrons. The summed E-state index contributed by atoms with van der Waals surface area (Å²) in [6.07, 6.45) is 0.963. The van der Waals surface area contributed by atoms with Gasteiger partial charge in [0.05, 0.1) is 12.7 Å². The SMILES string of the molecule is CCN(CC)CCCNc1nnc(-c2ccc(NC(=O)c3ccc(F)cc3)cc2OC)o1. The largest absolute Gasteiger partial charge is 0.496 e. The molecule has 3 rings (SSSR count). The number of nitrogens with zero attached hydrogens (tertiary/aromatic N) is 3. The number of hydrogen-bond donors (Lipinski definition) is 2. The molecule has 0 spiro atoms. The number of carbonyl (C=O) groups is 1. The normalized spacial score (nSPS) is 10.9. The summed E-state index contributed by atoms with van der Waals surface area (Å²) in [4.78, 5) is 14.7. The summed E-state index contributed by atoms with van der Waals surface area (Å²) in [5.74, 6) is 0.0295. The molecular weight excluding hydrogens is 413 g/mol. The van der Waals surface area contributed by atoms with Crippen molar-refractivity contribution in [2.45, 2.75) is 20.3 Å². The van der Waals surface area contributed by atoms with Crippen LogP contribution in [0.25, 0.3) is 11.5 Å². The van der Waals surface area contributed by atoms with E-state index in [1.807, 2.05) is 0 Å². The number of hydrogen-bond acceptors (Lipinski definition) is 7. The lowest BCUT2D eigenvalue weighted by molar-refractivity contribution is 0.102. The number of halogens is 1. The van der Waals surface area contributed by atoms with Crippen molar-refractivity contribution < 1.29 is 18.3 Å². The Morgan fingerprint density at radius 1 is 1.12 bits per heavy atom. The van der Waals surface area contributed by atoms with Crippen molar-refractivity contribution in [3.63, 3.8) is 0 Å². The standard InChI is InChI=1S/C23H28FN5O3/c1-4-29(5-2)14-6-13-25-23-28-27-22(32-23)19-12-11-18(15-20(19)31-3)26-21(30)16-7-9-17(24)10-8-16/h7-12,15H,4-6,13-14H2,1-3H3,(H,25,28)(H,26,30). The molecule has 32 heavy (non-hydrogen) atoms. The Kier molecular flexibility index (Phi) is 8.15. The van der Waals surface area contributed by atoms with Crippen LogP contribution in [-0.2, 0) is 0 Å². The number of benzene rings is 2. The van der Waals surface area contributed by atoms with Gasteiger partial charge in [-0.1, -0.05) is 18.9 Å². The van der Waals surface area contributed by atoms with Crippen LogP contribution in [0.1, 0.15) is 30.6 Å². The van der Waals surface area contributed by atoms with Gasteiger partial charge in [0.15, 0.2) is 0 Å². The van der Waals surface area contributed by atoms with Crippen molar-refractivity contribution >= 4 is 17.6 Å². The highest BCUT2D eigenvalue weighted by Crippen LogP contribution is 2.32. The molecule has 1 aromatic heterocycles. The second kappa shape index (κ2) is 11.2. The van der Waals surface area contributed by atoms with Crippen LogP contribution < -0.4 is 15.4 Å². The zero-order chi connectivity index (χ0) is 22.9. The van der Waals surface area contributed by atoms with E-state index in [2.05, 4.69) is 39.6 Å². The van der Waals surface area contributed by atoms with Crippen molar-refractivity contribution in [2.75, 3.05) is 43.9 Å². The first-order valence-corrected chi connectivity index (χ1v) is 10.6. The van der Waals surface area contributed by atoms with E-state index in [-0.39, 0.29) is 5.91 Å². The van der Waals surface area contributed by atoms with Crippen LogP contribution in [0.3, 0.4) is 0 Å². The third-order valence-corrected chi connectivity index (χ3v) is 5.04. The van der Waals surface area contributed by atoms with Crippen LogP contribution in [-0.4, -0.2) is 54.3 Å². The summed E-state index contributed by atoms with van der Waals surface area (Å²) >= 11 is 0. The van der Waals surface area contributed by atoms with E-state index >= 15 is 0 Å². The van der Waals surface area contributed by atoms with Gasteiger partial charge >= 0.3 is 6.01 Å². The lowest BCUT2D eigenvalue weighted by Gasteiger charge is -2.17. The molecule has 1 heterocycles. The van der Waals surface area contributed by atoms with Gasteiger partial charge in [-0.2, -0.15) is 0 Å². The fraction of sp³-hybridized carbons (Fsp3) is 0.348. The maximum Gasteiger partial charge on any atom is 0.315 e. The molecule has 2 N–H and O–H groups in total. The third-order valence-electron chi connectivity index (χ3n) is 5.04. The van der Waals surface area contributed by atoms with E-state index in [4.69, 9.17) is 9.15 Å². The van der Waals surface area contributed by atoms with Gasteiger partial charge in [-0.3, -0.25) is 4.79 Å². The molecule has 0 bridgehead atoms. The van der Waals surface area contributed by atoms with Gasteiger partial charge in [0.2, 0.25) is 0 Å². The fourth-order valence-electron chi connectivity index (χ4n) is 3.19. The zero-order valence-corrected chi connectivity index (χ0v) is 18.5. The van der Waals surface area contributed by atoms with E-state index < -0.39 is 5.82 Å². The molecule has 0 saturated carbocycles. The van der Waals surface area contributed by atoms with Gasteiger partial charge in [0.25, 0.3) is 11.8 Å². The number of rotatable bonds is 11. The lowest BCUT2D eigenvalue weighted by Crippen LogP contribution is -2.25. The van der Waals surface area contributed by atoms with Crippen LogP contribution in [0.5, 0.6) is 5.75 Å². The Bertz CT molecular complexity index is 1020. The fourth-order valence-corrected chi connectivity index (χ4v) is 3.19. The van der Waals surface area contributed by atoms with Gasteiger partial charge in [-0.05, 0) is 62.5 Å². The highest BCUT2D eigenvalue weighted by atomic mass is 19.1. The predicted octanol–water partition coefficient (Wildman–Crippen LogP) is 4.28. The Morgan fingerprint density at radius 3 is 2.56 bits per heavy atom. The van der Waals surface area contributed by atoms with E-state index in [9.17, 15) is 9.18 Å². The van der Waals surface area contributed by atoms with E-state index in [1.54, 1.807) is 18.2 Å². The van der Waals surface area contributed by atoms with Crippen LogP contribution in [0.4, 0.5) is 16.1 Å². The Hall–Kier alpha value is -3.46. The van der Waals surface area contributed by atoms with Crippen LogP contribution >= 0.6 is 0 Å². The molecule has 9 heteroatoms. The van der Waals surface area contributed by atoms with Crippen LogP contribution in [0.2, 0.25) is 0 Å². The van der Waals surface area contributed by atoms with E-state index in [0.29, 0.717) is 34.5 Å². The minimum absolute atomic E-state index is 0.310. The molecule has 0 aliphatic rings. The quantitative estimate of drug-likeness (QED) is 0.429. The molecule has 0 radical (unpaired) electrons. The van der Waals surface area contributed by atoms with Gasteiger partial charge in [-0.25, -0.2) is 4.39 Å². The number of ether oxygens (including phenoxy) is 1. The summed E-state index contributed by atoms with van der Waals surface area (Å²) in [5.41, 5.74) is 1.48. The maximum atomic E-state index is 13.1. The summed E-state index contributed by atoms with van der Waals surface area (Å²) in [5, 5.41) is 14.0. The number of nitrogens with one attached hydrogen (secondary N) is 2. The predicted molar refractivity (Wildman–Crippen MR) is 122 cm³/mol. The molecule has 0 fully saturated rings. The monoisotopic (exact) mass is 441 g/mol. The molecule has 0 atom stereocenters. The summed E-state index contributed by atoms with van der Waals surface area (Å²) in [7, 11) is 1.52. The van der Waals surface area contributed by atoms with Crippen LogP contribution in [0.15, 0.2) is 46.9 Å². The Labute approximate surface area is 186 Å². The summed E-state index contributed by atoms with van der Waals surface area (Å²) in [6.45, 7) is 8.08. The number of amides is 1. The molecule has 2 aromatic carbocycles. The van der Waals surface area contributed by atoms with Crippen molar-refractivity contribution in [3.8, 4) is 17.2 Å². The molecule has 3 aromatic rings. The van der Waals surface area contributed by atoms with E-state index in [1.165, 1.54) is 31.4 Å². The average molecular weight is 442 g/mol. The second-order valence-electron chi connectivity index (χ2n) is 7.10. The molecular formula is C23H28FN5O3. The number of carbonyl (C=O) groups excluding carboxylic acids is 1. The molecule has 1 amide bonds. The highest BCUT2D eigenvalue weighted by Gasteiger charge is 2.15. The van der Waals surface area contributed by atoms with Crippen molar-refractivity contribution in [3.05, 3.63) is 53.8 Å². The number of aromatic nitrogens is 2. The van der Waals surface area contributed by atoms with E-state index in [0.717, 1.165) is 32.6 Å². The van der Waals surface area contributed by atoms with Crippen molar-refractivity contribution in [2.24, 2.45) is 0 Å². The minimum Gasteiger partial charge on any atom is -0.496 e. The molecule has 0 aliphatic heterocycles.